The van der Waals surface area contributed by atoms with Gasteiger partial charge in [0, 0.05) is 6.04 Å². The van der Waals surface area contributed by atoms with Gasteiger partial charge in [0.25, 0.3) is 5.91 Å². The summed E-state index contributed by atoms with van der Waals surface area (Å²) in [5.41, 5.74) is -0.836. The summed E-state index contributed by atoms with van der Waals surface area (Å²) in [4.78, 5) is 49.5. The second-order valence-corrected chi connectivity index (χ2v) is 7.50. The first-order valence-electron chi connectivity index (χ1n) is 9.16. The number of urea groups is 2. The monoisotopic (exact) mass is 350 g/mol. The van der Waals surface area contributed by atoms with Gasteiger partial charge in [0.15, 0.2) is 0 Å². The SMILES string of the molecule is C[C@@H]1CCCC[C@@H]1NC(=O)NC(=O)CN1C(=O)NC2(CCCC2)C1=O. The highest BCUT2D eigenvalue weighted by molar-refractivity contribution is 6.10. The van der Waals surface area contributed by atoms with Crippen molar-refractivity contribution in [3.05, 3.63) is 0 Å². The molecule has 8 heteroatoms. The molecule has 3 aliphatic rings. The quantitative estimate of drug-likeness (QED) is 0.666. The molecular weight excluding hydrogens is 324 g/mol. The Kier molecular flexibility index (Phi) is 4.96. The predicted molar refractivity (Wildman–Crippen MR) is 89.5 cm³/mol. The largest absolute Gasteiger partial charge is 0.335 e. The van der Waals surface area contributed by atoms with Crippen LogP contribution in [0.5, 0.6) is 0 Å². The van der Waals surface area contributed by atoms with E-state index in [1.54, 1.807) is 0 Å². The van der Waals surface area contributed by atoms with Gasteiger partial charge in [-0.1, -0.05) is 32.6 Å². The summed E-state index contributed by atoms with van der Waals surface area (Å²) in [5.74, 6) is -0.631. The molecule has 0 bridgehead atoms. The van der Waals surface area contributed by atoms with E-state index in [1.165, 1.54) is 0 Å². The second-order valence-electron chi connectivity index (χ2n) is 7.50. The number of carbonyl (C=O) groups excluding carboxylic acids is 4. The van der Waals surface area contributed by atoms with E-state index in [0.717, 1.165) is 43.4 Å². The lowest BCUT2D eigenvalue weighted by Gasteiger charge is -2.29. The highest BCUT2D eigenvalue weighted by Gasteiger charge is 2.52. The molecule has 6 amide bonds. The van der Waals surface area contributed by atoms with Crippen molar-refractivity contribution >= 4 is 23.9 Å². The maximum Gasteiger partial charge on any atom is 0.325 e. The minimum absolute atomic E-state index is 0.0556. The van der Waals surface area contributed by atoms with E-state index in [4.69, 9.17) is 0 Å². The zero-order valence-electron chi connectivity index (χ0n) is 14.6. The zero-order chi connectivity index (χ0) is 18.0. The van der Waals surface area contributed by atoms with Crippen molar-refractivity contribution in [1.82, 2.24) is 20.9 Å². The molecule has 1 aliphatic heterocycles. The van der Waals surface area contributed by atoms with Crippen molar-refractivity contribution in [3.63, 3.8) is 0 Å². The minimum Gasteiger partial charge on any atom is -0.335 e. The molecule has 1 heterocycles. The Balaban J connectivity index is 1.51. The molecule has 1 spiro atoms. The fraction of sp³-hybridized carbons (Fsp3) is 0.765. The highest BCUT2D eigenvalue weighted by Crippen LogP contribution is 2.34. The van der Waals surface area contributed by atoms with Crippen LogP contribution >= 0.6 is 0 Å². The fourth-order valence-corrected chi connectivity index (χ4v) is 4.18. The third kappa shape index (κ3) is 3.62. The van der Waals surface area contributed by atoms with E-state index in [9.17, 15) is 19.2 Å². The van der Waals surface area contributed by atoms with Gasteiger partial charge in [-0.05, 0) is 31.6 Å². The van der Waals surface area contributed by atoms with Gasteiger partial charge in [-0.15, -0.1) is 0 Å². The summed E-state index contributed by atoms with van der Waals surface area (Å²) in [6.07, 6.45) is 7.16. The summed E-state index contributed by atoms with van der Waals surface area (Å²) < 4.78 is 0. The van der Waals surface area contributed by atoms with Gasteiger partial charge in [-0.2, -0.15) is 0 Å². The molecular formula is C17H26N4O4. The van der Waals surface area contributed by atoms with Crippen LogP contribution in [0.3, 0.4) is 0 Å². The summed E-state index contributed by atoms with van der Waals surface area (Å²) in [5, 5.41) is 7.77. The summed E-state index contributed by atoms with van der Waals surface area (Å²) in [6.45, 7) is 1.65. The predicted octanol–water partition coefficient (Wildman–Crippen LogP) is 1.26. The Morgan fingerprint density at radius 2 is 1.84 bits per heavy atom. The smallest absolute Gasteiger partial charge is 0.325 e. The van der Waals surface area contributed by atoms with Crippen LogP contribution in [0, 0.1) is 5.92 Å². The number of hydrogen-bond donors (Lipinski definition) is 3. The molecule has 0 aromatic heterocycles. The molecule has 2 atom stereocenters. The molecule has 25 heavy (non-hydrogen) atoms. The average molecular weight is 350 g/mol. The lowest BCUT2D eigenvalue weighted by Crippen LogP contribution is -2.50. The average Bonchev–Trinajstić information content (AvgIpc) is 3.11. The van der Waals surface area contributed by atoms with Crippen LogP contribution in [-0.4, -0.2) is 46.9 Å². The van der Waals surface area contributed by atoms with Gasteiger partial charge in [-0.3, -0.25) is 19.8 Å². The zero-order valence-corrected chi connectivity index (χ0v) is 14.6. The van der Waals surface area contributed by atoms with Crippen molar-refractivity contribution in [2.45, 2.75) is 69.9 Å². The first kappa shape index (κ1) is 17.7. The van der Waals surface area contributed by atoms with Gasteiger partial charge in [0.2, 0.25) is 5.91 Å². The van der Waals surface area contributed by atoms with E-state index in [1.807, 2.05) is 0 Å². The van der Waals surface area contributed by atoms with Crippen molar-refractivity contribution < 1.29 is 19.2 Å². The standard InChI is InChI=1S/C17H26N4O4/c1-11-6-2-3-7-12(11)18-15(24)19-13(22)10-21-14(23)17(20-16(21)25)8-4-5-9-17/h11-12H,2-10H2,1H3,(H,20,25)(H2,18,19,22,24)/t11-,12+/m1/s1. The van der Waals surface area contributed by atoms with Crippen molar-refractivity contribution in [1.29, 1.82) is 0 Å². The van der Waals surface area contributed by atoms with Crippen molar-refractivity contribution in [2.75, 3.05) is 6.54 Å². The van der Waals surface area contributed by atoms with Gasteiger partial charge in [-0.25, -0.2) is 9.59 Å². The van der Waals surface area contributed by atoms with Gasteiger partial charge in [0.05, 0.1) is 0 Å². The first-order valence-corrected chi connectivity index (χ1v) is 9.16. The number of rotatable bonds is 3. The van der Waals surface area contributed by atoms with Crippen LogP contribution in [0.1, 0.15) is 58.3 Å². The Morgan fingerprint density at radius 3 is 2.52 bits per heavy atom. The Hall–Kier alpha value is -2.12. The summed E-state index contributed by atoms with van der Waals surface area (Å²) in [7, 11) is 0. The Bertz CT molecular complexity index is 585. The second kappa shape index (κ2) is 7.01. The van der Waals surface area contributed by atoms with Crippen LogP contribution in [0.15, 0.2) is 0 Å². The number of nitrogens with zero attached hydrogens (tertiary/aromatic N) is 1. The highest BCUT2D eigenvalue weighted by atomic mass is 16.2. The molecule has 8 nitrogen and oxygen atoms in total. The molecule has 2 aliphatic carbocycles. The van der Waals surface area contributed by atoms with E-state index in [0.29, 0.717) is 18.8 Å². The summed E-state index contributed by atoms with van der Waals surface area (Å²) >= 11 is 0. The van der Waals surface area contributed by atoms with Crippen LogP contribution in [-0.2, 0) is 9.59 Å². The van der Waals surface area contributed by atoms with Gasteiger partial charge < -0.3 is 10.6 Å². The first-order chi connectivity index (χ1) is 11.9. The van der Waals surface area contributed by atoms with E-state index >= 15 is 0 Å². The lowest BCUT2D eigenvalue weighted by molar-refractivity contribution is -0.134. The minimum atomic E-state index is -0.836. The molecule has 0 aromatic carbocycles. The summed E-state index contributed by atoms with van der Waals surface area (Å²) in [6, 6.07) is -1.06. The van der Waals surface area contributed by atoms with E-state index in [2.05, 4.69) is 22.9 Å². The van der Waals surface area contributed by atoms with Gasteiger partial charge in [0.1, 0.15) is 12.1 Å². The van der Waals surface area contributed by atoms with Crippen molar-refractivity contribution in [2.24, 2.45) is 5.92 Å². The lowest BCUT2D eigenvalue weighted by atomic mass is 9.86. The maximum atomic E-state index is 12.5. The Morgan fingerprint density at radius 1 is 1.16 bits per heavy atom. The third-order valence-corrected chi connectivity index (χ3v) is 5.69. The van der Waals surface area contributed by atoms with Crippen LogP contribution in [0.2, 0.25) is 0 Å². The van der Waals surface area contributed by atoms with Crippen LogP contribution in [0.4, 0.5) is 9.59 Å². The van der Waals surface area contributed by atoms with Gasteiger partial charge >= 0.3 is 12.1 Å². The van der Waals surface area contributed by atoms with Crippen LogP contribution < -0.4 is 16.0 Å². The molecule has 3 N–H and O–H groups in total. The number of amides is 6. The van der Waals surface area contributed by atoms with Crippen LogP contribution in [0.25, 0.3) is 0 Å². The molecule has 3 fully saturated rings. The topological polar surface area (TPSA) is 108 Å². The van der Waals surface area contributed by atoms with E-state index in [-0.39, 0.29) is 11.9 Å². The molecule has 0 aromatic rings. The third-order valence-electron chi connectivity index (χ3n) is 5.69. The number of imide groups is 2. The van der Waals surface area contributed by atoms with Crippen molar-refractivity contribution in [3.8, 4) is 0 Å². The number of hydrogen-bond acceptors (Lipinski definition) is 4. The molecule has 138 valence electrons. The molecule has 3 rings (SSSR count). The maximum absolute atomic E-state index is 12.5. The molecule has 0 radical (unpaired) electrons. The molecule has 1 saturated heterocycles. The number of nitrogens with one attached hydrogen (secondary N) is 3. The Labute approximate surface area is 147 Å². The normalized spacial score (nSPS) is 28.1. The molecule has 0 unspecified atom stereocenters. The fourth-order valence-electron chi connectivity index (χ4n) is 4.18. The molecule has 2 saturated carbocycles. The van der Waals surface area contributed by atoms with E-state index < -0.39 is 30.1 Å². The number of carbonyl (C=O) groups is 4.